The van der Waals surface area contributed by atoms with Gasteiger partial charge in [-0.2, -0.15) is 0 Å². The van der Waals surface area contributed by atoms with Gasteiger partial charge in [0.2, 0.25) is 0 Å². The van der Waals surface area contributed by atoms with Crippen molar-refractivity contribution in [2.24, 2.45) is 0 Å². The first-order valence-corrected chi connectivity index (χ1v) is 4.15. The van der Waals surface area contributed by atoms with E-state index < -0.39 is 0 Å². The molecule has 0 aliphatic heterocycles. The molecule has 0 aromatic heterocycles. The average molecular weight is 161 g/mol. The first-order chi connectivity index (χ1) is 5.93. The SMILES string of the molecule is [CH]=CCCCOc1ccccc1. The van der Waals surface area contributed by atoms with Crippen LogP contribution in [0.15, 0.2) is 36.4 Å². The zero-order valence-corrected chi connectivity index (χ0v) is 7.07. The molecule has 0 atom stereocenters. The minimum absolute atomic E-state index is 0.734. The molecule has 0 amide bonds. The van der Waals surface area contributed by atoms with Gasteiger partial charge in [0.05, 0.1) is 6.61 Å². The maximum absolute atomic E-state index is 5.43. The molecule has 12 heavy (non-hydrogen) atoms. The van der Waals surface area contributed by atoms with Gasteiger partial charge in [0.15, 0.2) is 0 Å². The van der Waals surface area contributed by atoms with E-state index in [1.54, 1.807) is 6.08 Å². The summed E-state index contributed by atoms with van der Waals surface area (Å²) >= 11 is 0. The van der Waals surface area contributed by atoms with Gasteiger partial charge < -0.3 is 4.74 Å². The number of benzene rings is 1. The van der Waals surface area contributed by atoms with Crippen LogP contribution in [0.3, 0.4) is 0 Å². The van der Waals surface area contributed by atoms with E-state index in [0.29, 0.717) is 0 Å². The average Bonchev–Trinajstić information content (AvgIpc) is 2.14. The van der Waals surface area contributed by atoms with Crippen molar-refractivity contribution in [1.82, 2.24) is 0 Å². The molecule has 0 fully saturated rings. The van der Waals surface area contributed by atoms with Gasteiger partial charge in [-0.15, -0.1) is 0 Å². The minimum atomic E-state index is 0.734. The van der Waals surface area contributed by atoms with Gasteiger partial charge in [0.25, 0.3) is 0 Å². The lowest BCUT2D eigenvalue weighted by Gasteiger charge is -2.03. The molecule has 1 radical (unpaired) electrons. The Morgan fingerprint density at radius 2 is 2.00 bits per heavy atom. The van der Waals surface area contributed by atoms with E-state index in [0.717, 1.165) is 25.2 Å². The maximum Gasteiger partial charge on any atom is 0.119 e. The Hall–Kier alpha value is -1.24. The van der Waals surface area contributed by atoms with Crippen LogP contribution in [0.4, 0.5) is 0 Å². The first kappa shape index (κ1) is 8.85. The summed E-state index contributed by atoms with van der Waals surface area (Å²) in [6.45, 7) is 5.96. The summed E-state index contributed by atoms with van der Waals surface area (Å²) in [5.74, 6) is 0.925. The quantitative estimate of drug-likeness (QED) is 0.603. The van der Waals surface area contributed by atoms with Crippen LogP contribution >= 0.6 is 0 Å². The van der Waals surface area contributed by atoms with Crippen molar-refractivity contribution in [3.05, 3.63) is 43.0 Å². The number of allylic oxidation sites excluding steroid dienone is 1. The Morgan fingerprint density at radius 3 is 2.67 bits per heavy atom. The number of ether oxygens (including phenoxy) is 1. The van der Waals surface area contributed by atoms with Crippen LogP contribution in [0.5, 0.6) is 5.75 Å². The fraction of sp³-hybridized carbons (Fsp3) is 0.273. The summed E-state index contributed by atoms with van der Waals surface area (Å²) in [6, 6.07) is 9.80. The van der Waals surface area contributed by atoms with E-state index in [4.69, 9.17) is 11.3 Å². The molecular formula is C11H13O. The fourth-order valence-electron chi connectivity index (χ4n) is 0.908. The predicted octanol–water partition coefficient (Wildman–Crippen LogP) is 2.83. The van der Waals surface area contributed by atoms with E-state index in [-0.39, 0.29) is 0 Å². The highest BCUT2D eigenvalue weighted by Crippen LogP contribution is 2.08. The monoisotopic (exact) mass is 161 g/mol. The lowest BCUT2D eigenvalue weighted by atomic mass is 10.3. The highest BCUT2D eigenvalue weighted by molar-refractivity contribution is 5.20. The van der Waals surface area contributed by atoms with E-state index >= 15 is 0 Å². The van der Waals surface area contributed by atoms with Crippen molar-refractivity contribution in [2.75, 3.05) is 6.61 Å². The van der Waals surface area contributed by atoms with E-state index in [1.165, 1.54) is 0 Å². The molecule has 1 aromatic rings. The normalized spacial score (nSPS) is 9.33. The van der Waals surface area contributed by atoms with Gasteiger partial charge in [0.1, 0.15) is 5.75 Å². The molecule has 63 valence electrons. The molecule has 0 unspecified atom stereocenters. The molecule has 1 heteroatoms. The Bertz CT molecular complexity index is 216. The predicted molar refractivity (Wildman–Crippen MR) is 50.0 cm³/mol. The lowest BCUT2D eigenvalue weighted by Crippen LogP contribution is -1.95. The summed E-state index contributed by atoms with van der Waals surface area (Å²) in [5.41, 5.74) is 0. The Labute approximate surface area is 73.7 Å². The maximum atomic E-state index is 5.43. The van der Waals surface area contributed by atoms with Gasteiger partial charge >= 0.3 is 0 Å². The molecule has 0 bridgehead atoms. The molecule has 0 heterocycles. The van der Waals surface area contributed by atoms with Crippen LogP contribution in [-0.2, 0) is 0 Å². The van der Waals surface area contributed by atoms with Crippen LogP contribution in [0.25, 0.3) is 0 Å². The first-order valence-electron chi connectivity index (χ1n) is 4.15. The molecule has 0 saturated heterocycles. The van der Waals surface area contributed by atoms with Crippen LogP contribution < -0.4 is 4.74 Å². The summed E-state index contributed by atoms with van der Waals surface area (Å²) in [5, 5.41) is 0. The molecule has 0 aliphatic rings. The third kappa shape index (κ3) is 3.24. The summed E-state index contributed by atoms with van der Waals surface area (Å²) in [4.78, 5) is 0. The van der Waals surface area contributed by atoms with Crippen molar-refractivity contribution >= 4 is 0 Å². The number of hydrogen-bond donors (Lipinski definition) is 0. The highest BCUT2D eigenvalue weighted by Gasteiger charge is 1.89. The van der Waals surface area contributed by atoms with E-state index in [1.807, 2.05) is 30.3 Å². The van der Waals surface area contributed by atoms with Crippen LogP contribution in [0.1, 0.15) is 12.8 Å². The van der Waals surface area contributed by atoms with Gasteiger partial charge in [-0.25, -0.2) is 0 Å². The summed E-state index contributed by atoms with van der Waals surface area (Å²) < 4.78 is 5.43. The van der Waals surface area contributed by atoms with Gasteiger partial charge in [-0.05, 0) is 25.0 Å². The summed E-state index contributed by atoms with van der Waals surface area (Å²) in [7, 11) is 0. The Balaban J connectivity index is 2.20. The zero-order valence-electron chi connectivity index (χ0n) is 7.07. The van der Waals surface area contributed by atoms with Gasteiger partial charge in [-0.1, -0.05) is 30.9 Å². The summed E-state index contributed by atoms with van der Waals surface area (Å²) in [6.07, 6.45) is 3.55. The van der Waals surface area contributed by atoms with Crippen LogP contribution in [0, 0.1) is 6.58 Å². The topological polar surface area (TPSA) is 9.23 Å². The molecular weight excluding hydrogens is 148 g/mol. The van der Waals surface area contributed by atoms with Crippen LogP contribution in [0.2, 0.25) is 0 Å². The van der Waals surface area contributed by atoms with Gasteiger partial charge in [0, 0.05) is 0 Å². The number of rotatable bonds is 5. The van der Waals surface area contributed by atoms with Gasteiger partial charge in [-0.3, -0.25) is 0 Å². The molecule has 0 spiro atoms. The largest absolute Gasteiger partial charge is 0.494 e. The molecule has 0 N–H and O–H groups in total. The van der Waals surface area contributed by atoms with E-state index in [9.17, 15) is 0 Å². The lowest BCUT2D eigenvalue weighted by molar-refractivity contribution is 0.312. The third-order valence-electron chi connectivity index (χ3n) is 1.53. The molecule has 0 saturated carbocycles. The second-order valence-electron chi connectivity index (χ2n) is 2.54. The fourth-order valence-corrected chi connectivity index (χ4v) is 0.908. The molecule has 0 aliphatic carbocycles. The van der Waals surface area contributed by atoms with Crippen LogP contribution in [-0.4, -0.2) is 6.61 Å². The number of unbranched alkanes of at least 4 members (excludes halogenated alkanes) is 1. The number of hydrogen-bond acceptors (Lipinski definition) is 1. The highest BCUT2D eigenvalue weighted by atomic mass is 16.5. The van der Waals surface area contributed by atoms with Crippen molar-refractivity contribution in [2.45, 2.75) is 12.8 Å². The zero-order chi connectivity index (χ0) is 8.65. The Kier molecular flexibility index (Phi) is 4.00. The second kappa shape index (κ2) is 5.42. The van der Waals surface area contributed by atoms with Crippen molar-refractivity contribution in [3.8, 4) is 5.75 Å². The Morgan fingerprint density at radius 1 is 1.25 bits per heavy atom. The molecule has 1 nitrogen and oxygen atoms in total. The molecule has 1 aromatic carbocycles. The third-order valence-corrected chi connectivity index (χ3v) is 1.53. The minimum Gasteiger partial charge on any atom is -0.494 e. The van der Waals surface area contributed by atoms with Crippen molar-refractivity contribution in [3.63, 3.8) is 0 Å². The number of para-hydroxylation sites is 1. The standard InChI is InChI=1S/C11H13O/c1-2-3-7-10-12-11-8-5-4-6-9-11/h1-2,4-6,8-9H,3,7,10H2. The molecule has 1 rings (SSSR count). The second-order valence-corrected chi connectivity index (χ2v) is 2.54. The van der Waals surface area contributed by atoms with Crippen molar-refractivity contribution < 1.29 is 4.74 Å². The van der Waals surface area contributed by atoms with Crippen molar-refractivity contribution in [1.29, 1.82) is 0 Å². The van der Waals surface area contributed by atoms with E-state index in [2.05, 4.69) is 0 Å². The smallest absolute Gasteiger partial charge is 0.119 e.